The van der Waals surface area contributed by atoms with E-state index < -0.39 is 0 Å². The van der Waals surface area contributed by atoms with Gasteiger partial charge >= 0.3 is 0 Å². The Morgan fingerprint density at radius 2 is 2.00 bits per heavy atom. The van der Waals surface area contributed by atoms with Crippen LogP contribution in [0.1, 0.15) is 51.5 Å². The number of ether oxygens (including phenoxy) is 1. The molecule has 0 radical (unpaired) electrons. The van der Waals surface area contributed by atoms with Crippen molar-refractivity contribution in [2.75, 3.05) is 30.9 Å². The average Bonchev–Trinajstić information content (AvgIpc) is 3.16. The van der Waals surface area contributed by atoms with E-state index in [1.165, 1.54) is 12.8 Å². The third-order valence-electron chi connectivity index (χ3n) is 4.58. The monoisotopic (exact) mass is 324 g/mol. The van der Waals surface area contributed by atoms with Gasteiger partial charge in [-0.1, -0.05) is 13.8 Å². The molecule has 2 fully saturated rings. The Morgan fingerprint density at radius 1 is 1.23 bits per heavy atom. The van der Waals surface area contributed by atoms with E-state index in [4.69, 9.17) is 4.74 Å². The first-order chi connectivity index (χ1) is 10.7. The molecule has 0 spiro atoms. The van der Waals surface area contributed by atoms with E-state index in [0.717, 1.165) is 56.1 Å². The smallest absolute Gasteiger partial charge is 0.227 e. The van der Waals surface area contributed by atoms with Crippen LogP contribution in [0, 0.1) is 5.92 Å². The molecule has 5 nitrogen and oxygen atoms in total. The van der Waals surface area contributed by atoms with Gasteiger partial charge < -0.3 is 9.64 Å². The summed E-state index contributed by atoms with van der Waals surface area (Å²) in [6, 6.07) is 0. The van der Waals surface area contributed by atoms with Gasteiger partial charge in [0.2, 0.25) is 5.95 Å². The summed E-state index contributed by atoms with van der Waals surface area (Å²) in [5.74, 6) is 2.67. The number of hydrogen-bond acceptors (Lipinski definition) is 5. The van der Waals surface area contributed by atoms with Crippen LogP contribution in [0.2, 0.25) is 0 Å². The summed E-state index contributed by atoms with van der Waals surface area (Å²) in [5, 5.41) is 9.85. The van der Waals surface area contributed by atoms with Gasteiger partial charge in [-0.3, -0.25) is 4.57 Å². The normalized spacial score (nSPS) is 23.6. The maximum absolute atomic E-state index is 5.85. The molecular formula is C16H28N4OS. The zero-order chi connectivity index (χ0) is 15.5. The fraction of sp³-hybridized carbons (Fsp3) is 0.875. The molecule has 1 aromatic rings. The molecule has 0 aliphatic carbocycles. The molecule has 0 amide bonds. The van der Waals surface area contributed by atoms with E-state index in [-0.39, 0.29) is 6.10 Å². The highest BCUT2D eigenvalue weighted by molar-refractivity contribution is 7.99. The quantitative estimate of drug-likeness (QED) is 0.832. The van der Waals surface area contributed by atoms with Crippen LogP contribution >= 0.6 is 11.8 Å². The fourth-order valence-electron chi connectivity index (χ4n) is 3.39. The van der Waals surface area contributed by atoms with Gasteiger partial charge in [0.1, 0.15) is 6.10 Å². The molecule has 1 aromatic heterocycles. The zero-order valence-electron chi connectivity index (χ0n) is 14.0. The lowest BCUT2D eigenvalue weighted by Gasteiger charge is -2.32. The second kappa shape index (κ2) is 7.21. The molecule has 0 unspecified atom stereocenters. The summed E-state index contributed by atoms with van der Waals surface area (Å²) in [4.78, 5) is 2.42. The van der Waals surface area contributed by atoms with E-state index in [0.29, 0.717) is 5.92 Å². The summed E-state index contributed by atoms with van der Waals surface area (Å²) < 4.78 is 8.17. The topological polar surface area (TPSA) is 43.2 Å². The summed E-state index contributed by atoms with van der Waals surface area (Å²) in [7, 11) is 0. The first-order valence-electron chi connectivity index (χ1n) is 8.51. The number of hydrogen-bond donors (Lipinski definition) is 0. The Kier molecular flexibility index (Phi) is 5.29. The summed E-state index contributed by atoms with van der Waals surface area (Å²) >= 11 is 1.99. The zero-order valence-corrected chi connectivity index (χ0v) is 14.8. The van der Waals surface area contributed by atoms with Crippen molar-refractivity contribution in [1.29, 1.82) is 0 Å². The van der Waals surface area contributed by atoms with Crippen LogP contribution in [0.15, 0.2) is 0 Å². The molecular weight excluding hydrogens is 296 g/mol. The van der Waals surface area contributed by atoms with Gasteiger partial charge in [-0.2, -0.15) is 11.8 Å². The fourth-order valence-corrected chi connectivity index (χ4v) is 4.07. The van der Waals surface area contributed by atoms with Gasteiger partial charge in [-0.05, 0) is 37.9 Å². The molecule has 2 saturated heterocycles. The van der Waals surface area contributed by atoms with Gasteiger partial charge in [-0.25, -0.2) is 0 Å². The van der Waals surface area contributed by atoms with Crippen LogP contribution in [-0.2, 0) is 11.3 Å². The van der Waals surface area contributed by atoms with Crippen molar-refractivity contribution in [1.82, 2.24) is 14.8 Å². The SMILES string of the molecule is CSC1CCN(c2nnc([C@H]3CCCO3)n2CC(C)C)CC1. The largest absolute Gasteiger partial charge is 0.370 e. The van der Waals surface area contributed by atoms with Crippen molar-refractivity contribution >= 4 is 17.7 Å². The lowest BCUT2D eigenvalue weighted by atomic mass is 10.1. The number of aromatic nitrogens is 3. The maximum atomic E-state index is 5.85. The van der Waals surface area contributed by atoms with E-state index in [1.807, 2.05) is 11.8 Å². The average molecular weight is 324 g/mol. The Labute approximate surface area is 137 Å². The van der Waals surface area contributed by atoms with Crippen LogP contribution in [0.3, 0.4) is 0 Å². The Bertz CT molecular complexity index is 476. The van der Waals surface area contributed by atoms with E-state index in [1.54, 1.807) is 0 Å². The maximum Gasteiger partial charge on any atom is 0.227 e. The standard InChI is InChI=1S/C16H28N4OS/c1-12(2)11-20-15(14-5-4-10-21-14)17-18-16(20)19-8-6-13(22-3)7-9-19/h12-14H,4-11H2,1-3H3/t14-/m1/s1. The van der Waals surface area contributed by atoms with Crippen LogP contribution in [0.5, 0.6) is 0 Å². The molecule has 124 valence electrons. The highest BCUT2D eigenvalue weighted by Crippen LogP contribution is 2.31. The molecule has 22 heavy (non-hydrogen) atoms. The summed E-state index contributed by atoms with van der Waals surface area (Å²) in [6.07, 6.45) is 7.05. The molecule has 0 aromatic carbocycles. The second-order valence-corrected chi connectivity index (χ2v) is 7.92. The molecule has 0 bridgehead atoms. The Balaban J connectivity index is 1.80. The minimum absolute atomic E-state index is 0.142. The predicted molar refractivity (Wildman–Crippen MR) is 91.5 cm³/mol. The van der Waals surface area contributed by atoms with Crippen molar-refractivity contribution in [2.24, 2.45) is 5.92 Å². The summed E-state index contributed by atoms with van der Waals surface area (Å²) in [5.41, 5.74) is 0. The Morgan fingerprint density at radius 3 is 2.59 bits per heavy atom. The van der Waals surface area contributed by atoms with Gasteiger partial charge in [0.05, 0.1) is 0 Å². The van der Waals surface area contributed by atoms with Crippen molar-refractivity contribution in [3.63, 3.8) is 0 Å². The van der Waals surface area contributed by atoms with Gasteiger partial charge in [0.15, 0.2) is 5.82 Å². The number of nitrogens with zero attached hydrogens (tertiary/aromatic N) is 4. The molecule has 0 N–H and O–H groups in total. The lowest BCUT2D eigenvalue weighted by molar-refractivity contribution is 0.101. The van der Waals surface area contributed by atoms with Crippen molar-refractivity contribution in [3.8, 4) is 0 Å². The van der Waals surface area contributed by atoms with E-state index in [2.05, 4.69) is 39.8 Å². The first-order valence-corrected chi connectivity index (χ1v) is 9.80. The molecule has 2 aliphatic heterocycles. The van der Waals surface area contributed by atoms with Crippen molar-refractivity contribution in [3.05, 3.63) is 5.82 Å². The molecule has 1 atom stereocenters. The van der Waals surface area contributed by atoms with Crippen LogP contribution < -0.4 is 4.90 Å². The van der Waals surface area contributed by atoms with Crippen LogP contribution in [-0.4, -0.2) is 46.0 Å². The van der Waals surface area contributed by atoms with Crippen molar-refractivity contribution in [2.45, 2.75) is 57.4 Å². The molecule has 6 heteroatoms. The number of piperidine rings is 1. The number of rotatable bonds is 5. The molecule has 3 rings (SSSR count). The molecule has 3 heterocycles. The van der Waals surface area contributed by atoms with Gasteiger partial charge in [0, 0.05) is 31.5 Å². The highest BCUT2D eigenvalue weighted by atomic mass is 32.2. The third-order valence-corrected chi connectivity index (χ3v) is 5.72. The first kappa shape index (κ1) is 16.1. The third kappa shape index (κ3) is 3.43. The van der Waals surface area contributed by atoms with E-state index >= 15 is 0 Å². The lowest BCUT2D eigenvalue weighted by Crippen LogP contribution is -2.37. The predicted octanol–water partition coefficient (Wildman–Crippen LogP) is 3.12. The Hall–Kier alpha value is -0.750. The van der Waals surface area contributed by atoms with Gasteiger partial charge in [0.25, 0.3) is 0 Å². The van der Waals surface area contributed by atoms with Crippen LogP contribution in [0.25, 0.3) is 0 Å². The van der Waals surface area contributed by atoms with Crippen molar-refractivity contribution < 1.29 is 4.74 Å². The number of anilines is 1. The van der Waals surface area contributed by atoms with Crippen LogP contribution in [0.4, 0.5) is 5.95 Å². The van der Waals surface area contributed by atoms with E-state index in [9.17, 15) is 0 Å². The molecule has 0 saturated carbocycles. The minimum Gasteiger partial charge on any atom is -0.370 e. The minimum atomic E-state index is 0.142. The number of thioether (sulfide) groups is 1. The molecule has 2 aliphatic rings. The van der Waals surface area contributed by atoms with Gasteiger partial charge in [-0.15, -0.1) is 10.2 Å². The summed E-state index contributed by atoms with van der Waals surface area (Å²) in [6.45, 7) is 8.51. The second-order valence-electron chi connectivity index (χ2n) is 6.79. The highest BCUT2D eigenvalue weighted by Gasteiger charge is 2.29.